The maximum Gasteiger partial charge on any atom is 0.138 e. The molecule has 0 heterocycles. The number of rotatable bonds is 4. The quantitative estimate of drug-likeness (QED) is 0.816. The predicted octanol–water partition coefficient (Wildman–Crippen LogP) is 3.89. The summed E-state index contributed by atoms with van der Waals surface area (Å²) in [6.07, 6.45) is 1.65. The Morgan fingerprint density at radius 2 is 1.90 bits per heavy atom. The number of aromatic hydroxyl groups is 1. The molecule has 0 fully saturated rings. The zero-order chi connectivity index (χ0) is 15.5. The molecule has 0 spiro atoms. The fraction of sp³-hybridized carbons (Fsp3) is 0.562. The zero-order valence-electron chi connectivity index (χ0n) is 12.8. The third kappa shape index (κ3) is 4.32. The molecule has 1 atom stereocenters. The Bertz CT molecular complexity index is 490. The first-order chi connectivity index (χ1) is 9.16. The number of phenolic OH excluding ortho intramolecular Hbond substituents is 1. The lowest BCUT2D eigenvalue weighted by Gasteiger charge is -2.20. The molecular formula is C16H24BrNO2. The topological polar surface area (TPSA) is 52.8 Å². The number of hydrogen-bond acceptors (Lipinski definition) is 3. The van der Waals surface area contributed by atoms with E-state index in [0.29, 0.717) is 10.0 Å². The van der Waals surface area contributed by atoms with E-state index < -0.39 is 0 Å². The lowest BCUT2D eigenvalue weighted by molar-refractivity contribution is 0.240. The summed E-state index contributed by atoms with van der Waals surface area (Å²) in [4.78, 5) is 4.38. The Morgan fingerprint density at radius 1 is 1.30 bits per heavy atom. The maximum atomic E-state index is 10.1. The second-order valence-corrected chi connectivity index (χ2v) is 7.27. The standard InChI is InChI=1S/C16H24BrNO2/c1-10(2)14(9-19)18-8-11-6-12(16(3,4)5)7-13(17)15(11)20/h6-8,10,14,19-20H,9H2,1-5H3/t14-/m1/s1. The van der Waals surface area contributed by atoms with Crippen LogP contribution in [0.4, 0.5) is 0 Å². The Morgan fingerprint density at radius 3 is 2.35 bits per heavy atom. The molecule has 0 saturated carbocycles. The molecule has 1 aromatic carbocycles. The largest absolute Gasteiger partial charge is 0.506 e. The SMILES string of the molecule is CC(C)[C@@H](CO)N=Cc1cc(C(C)(C)C)cc(Br)c1O. The molecule has 20 heavy (non-hydrogen) atoms. The monoisotopic (exact) mass is 341 g/mol. The average molecular weight is 342 g/mol. The first-order valence-electron chi connectivity index (χ1n) is 6.83. The molecule has 0 radical (unpaired) electrons. The molecule has 4 heteroatoms. The molecule has 1 rings (SSSR count). The van der Waals surface area contributed by atoms with Crippen LogP contribution in [0.5, 0.6) is 5.75 Å². The number of hydrogen-bond donors (Lipinski definition) is 2. The van der Waals surface area contributed by atoms with Gasteiger partial charge in [-0.1, -0.05) is 34.6 Å². The van der Waals surface area contributed by atoms with Crippen LogP contribution in [-0.4, -0.2) is 29.1 Å². The summed E-state index contributed by atoms with van der Waals surface area (Å²) in [5, 5.41) is 19.4. The van der Waals surface area contributed by atoms with Gasteiger partial charge in [0.2, 0.25) is 0 Å². The van der Waals surface area contributed by atoms with Crippen molar-refractivity contribution in [3.05, 3.63) is 27.7 Å². The van der Waals surface area contributed by atoms with Gasteiger partial charge in [-0.15, -0.1) is 0 Å². The Labute approximate surface area is 129 Å². The molecule has 1 aromatic rings. The van der Waals surface area contributed by atoms with E-state index in [-0.39, 0.29) is 29.7 Å². The van der Waals surface area contributed by atoms with E-state index in [4.69, 9.17) is 0 Å². The third-order valence-electron chi connectivity index (χ3n) is 3.32. The van der Waals surface area contributed by atoms with Crippen molar-refractivity contribution >= 4 is 22.1 Å². The molecule has 0 aliphatic rings. The van der Waals surface area contributed by atoms with Crippen LogP contribution in [0.3, 0.4) is 0 Å². The van der Waals surface area contributed by atoms with E-state index in [1.165, 1.54) is 0 Å². The fourth-order valence-corrected chi connectivity index (χ4v) is 2.23. The van der Waals surface area contributed by atoms with Crippen molar-refractivity contribution < 1.29 is 10.2 Å². The van der Waals surface area contributed by atoms with Crippen molar-refractivity contribution in [1.29, 1.82) is 0 Å². The predicted molar refractivity (Wildman–Crippen MR) is 87.8 cm³/mol. The second kappa shape index (κ2) is 6.72. The average Bonchev–Trinajstić information content (AvgIpc) is 2.33. The molecule has 0 aromatic heterocycles. The molecule has 0 bridgehead atoms. The van der Waals surface area contributed by atoms with Gasteiger partial charge in [0, 0.05) is 11.8 Å². The summed E-state index contributed by atoms with van der Waals surface area (Å²) in [7, 11) is 0. The van der Waals surface area contributed by atoms with Gasteiger partial charge in [-0.2, -0.15) is 0 Å². The Hall–Kier alpha value is -0.870. The van der Waals surface area contributed by atoms with Crippen molar-refractivity contribution in [2.75, 3.05) is 6.61 Å². The van der Waals surface area contributed by atoms with Crippen molar-refractivity contribution in [3.63, 3.8) is 0 Å². The highest BCUT2D eigenvalue weighted by atomic mass is 79.9. The number of halogens is 1. The van der Waals surface area contributed by atoms with E-state index in [9.17, 15) is 10.2 Å². The van der Waals surface area contributed by atoms with Crippen molar-refractivity contribution in [2.45, 2.75) is 46.1 Å². The van der Waals surface area contributed by atoms with Gasteiger partial charge in [0.25, 0.3) is 0 Å². The smallest absolute Gasteiger partial charge is 0.138 e. The number of aliphatic hydroxyl groups excluding tert-OH is 1. The van der Waals surface area contributed by atoms with Crippen LogP contribution in [0.2, 0.25) is 0 Å². The van der Waals surface area contributed by atoms with Crippen LogP contribution in [0.1, 0.15) is 45.7 Å². The Kier molecular flexibility index (Phi) is 5.78. The third-order valence-corrected chi connectivity index (χ3v) is 3.93. The summed E-state index contributed by atoms with van der Waals surface area (Å²) < 4.78 is 0.663. The molecule has 0 aliphatic carbocycles. The van der Waals surface area contributed by atoms with E-state index in [1.54, 1.807) is 6.21 Å². The van der Waals surface area contributed by atoms with Gasteiger partial charge in [-0.05, 0) is 45.0 Å². The summed E-state index contributed by atoms with van der Waals surface area (Å²) >= 11 is 3.38. The highest BCUT2D eigenvalue weighted by molar-refractivity contribution is 9.10. The molecule has 0 saturated heterocycles. The van der Waals surface area contributed by atoms with E-state index >= 15 is 0 Å². The van der Waals surface area contributed by atoms with Crippen LogP contribution >= 0.6 is 15.9 Å². The van der Waals surface area contributed by atoms with E-state index in [1.807, 2.05) is 26.0 Å². The normalized spacial score (nSPS) is 14.2. The van der Waals surface area contributed by atoms with Crippen LogP contribution in [0.25, 0.3) is 0 Å². The number of aliphatic hydroxyl groups is 1. The first-order valence-corrected chi connectivity index (χ1v) is 7.63. The molecule has 0 unspecified atom stereocenters. The molecular weight excluding hydrogens is 318 g/mol. The van der Waals surface area contributed by atoms with Crippen LogP contribution in [0.15, 0.2) is 21.6 Å². The van der Waals surface area contributed by atoms with Gasteiger partial charge < -0.3 is 10.2 Å². The summed E-state index contributed by atoms with van der Waals surface area (Å²) in [5.41, 5.74) is 1.78. The first kappa shape index (κ1) is 17.2. The second-order valence-electron chi connectivity index (χ2n) is 6.42. The molecule has 0 aliphatic heterocycles. The minimum Gasteiger partial charge on any atom is -0.506 e. The van der Waals surface area contributed by atoms with Crippen LogP contribution < -0.4 is 0 Å². The van der Waals surface area contributed by atoms with Crippen molar-refractivity contribution in [1.82, 2.24) is 0 Å². The fourth-order valence-electron chi connectivity index (χ4n) is 1.76. The minimum absolute atomic E-state index is 0.00671. The highest BCUT2D eigenvalue weighted by Gasteiger charge is 2.17. The number of phenols is 1. The Balaban J connectivity index is 3.18. The van der Waals surface area contributed by atoms with Crippen LogP contribution in [0, 0.1) is 5.92 Å². The number of benzene rings is 1. The summed E-state index contributed by atoms with van der Waals surface area (Å²) in [5.74, 6) is 0.440. The maximum absolute atomic E-state index is 10.1. The van der Waals surface area contributed by atoms with E-state index in [2.05, 4.69) is 41.7 Å². The van der Waals surface area contributed by atoms with Crippen molar-refractivity contribution in [3.8, 4) is 5.75 Å². The van der Waals surface area contributed by atoms with E-state index in [0.717, 1.165) is 5.56 Å². The van der Waals surface area contributed by atoms with Crippen LogP contribution in [-0.2, 0) is 5.41 Å². The molecule has 112 valence electrons. The lowest BCUT2D eigenvalue weighted by atomic mass is 9.86. The molecule has 0 amide bonds. The van der Waals surface area contributed by atoms with Gasteiger partial charge in [0.05, 0.1) is 17.1 Å². The van der Waals surface area contributed by atoms with Crippen molar-refractivity contribution in [2.24, 2.45) is 10.9 Å². The number of nitrogens with zero attached hydrogens (tertiary/aromatic N) is 1. The van der Waals surface area contributed by atoms with Gasteiger partial charge >= 0.3 is 0 Å². The van der Waals surface area contributed by atoms with Gasteiger partial charge in [0.15, 0.2) is 0 Å². The van der Waals surface area contributed by atoms with Gasteiger partial charge in [0.1, 0.15) is 5.75 Å². The summed E-state index contributed by atoms with van der Waals surface area (Å²) in [6.45, 7) is 10.4. The highest BCUT2D eigenvalue weighted by Crippen LogP contribution is 2.33. The lowest BCUT2D eigenvalue weighted by Crippen LogP contribution is -2.18. The number of aliphatic imine (C=N–C) groups is 1. The van der Waals surface area contributed by atoms with Gasteiger partial charge in [-0.25, -0.2) is 0 Å². The van der Waals surface area contributed by atoms with Gasteiger partial charge in [-0.3, -0.25) is 4.99 Å². The zero-order valence-corrected chi connectivity index (χ0v) is 14.4. The molecule has 2 N–H and O–H groups in total. The minimum atomic E-state index is -0.147. The summed E-state index contributed by atoms with van der Waals surface area (Å²) in [6, 6.07) is 3.73. The molecule has 3 nitrogen and oxygen atoms in total.